The van der Waals surface area contributed by atoms with Crippen LogP contribution in [0.1, 0.15) is 25.3 Å². The molecule has 1 aliphatic rings. The highest BCUT2D eigenvalue weighted by Gasteiger charge is 2.36. The van der Waals surface area contributed by atoms with Crippen molar-refractivity contribution in [3.63, 3.8) is 0 Å². The van der Waals surface area contributed by atoms with Crippen LogP contribution in [0.25, 0.3) is 5.82 Å². The van der Waals surface area contributed by atoms with Crippen molar-refractivity contribution in [2.24, 2.45) is 5.41 Å². The summed E-state index contributed by atoms with van der Waals surface area (Å²) >= 11 is 0. The molecule has 1 aliphatic carbocycles. The third kappa shape index (κ3) is 3.09. The van der Waals surface area contributed by atoms with E-state index in [2.05, 4.69) is 14.8 Å². The molecule has 0 fully saturated rings. The molecule has 0 unspecified atom stereocenters. The van der Waals surface area contributed by atoms with Crippen LogP contribution >= 0.6 is 0 Å². The van der Waals surface area contributed by atoms with E-state index in [0.717, 1.165) is 5.56 Å². The predicted octanol–water partition coefficient (Wildman–Crippen LogP) is 1.74. The molecule has 24 heavy (non-hydrogen) atoms. The Labute approximate surface area is 140 Å². The third-order valence-electron chi connectivity index (χ3n) is 4.08. The smallest absolute Gasteiger partial charge is 0.267 e. The van der Waals surface area contributed by atoms with E-state index in [1.54, 1.807) is 19.2 Å². The molecular weight excluding hydrogens is 328 g/mol. The minimum atomic E-state index is -3.97. The fraction of sp³-hybridized carbons (Fsp3) is 0.312. The van der Waals surface area contributed by atoms with E-state index in [1.165, 1.54) is 17.1 Å². The first kappa shape index (κ1) is 16.4. The Morgan fingerprint density at radius 1 is 1.33 bits per heavy atom. The lowest BCUT2D eigenvalue weighted by Crippen LogP contribution is -2.40. The Balaban J connectivity index is 1.82. The summed E-state index contributed by atoms with van der Waals surface area (Å²) in [5, 5.41) is 4.03. The molecule has 126 valence electrons. The molecule has 0 aromatic carbocycles. The number of hydrogen-bond acceptors (Lipinski definition) is 5. The van der Waals surface area contributed by atoms with Crippen molar-refractivity contribution in [2.45, 2.75) is 31.6 Å². The van der Waals surface area contributed by atoms with Crippen molar-refractivity contribution in [1.82, 2.24) is 19.5 Å². The molecule has 0 saturated carbocycles. The molecule has 2 heterocycles. The van der Waals surface area contributed by atoms with Crippen molar-refractivity contribution in [1.29, 1.82) is 0 Å². The summed E-state index contributed by atoms with van der Waals surface area (Å²) in [6.45, 7) is 3.65. The zero-order valence-corrected chi connectivity index (χ0v) is 14.2. The number of sulfonamides is 1. The van der Waals surface area contributed by atoms with Gasteiger partial charge in [0.2, 0.25) is 5.91 Å². The van der Waals surface area contributed by atoms with Crippen LogP contribution in [0.4, 0.5) is 0 Å². The molecule has 0 bridgehead atoms. The number of amides is 1. The molecule has 0 radical (unpaired) electrons. The highest BCUT2D eigenvalue weighted by molar-refractivity contribution is 7.90. The average molecular weight is 346 g/mol. The highest BCUT2D eigenvalue weighted by atomic mass is 32.2. The lowest BCUT2D eigenvalue weighted by molar-refractivity contribution is -0.127. The first-order chi connectivity index (χ1) is 11.3. The van der Waals surface area contributed by atoms with Gasteiger partial charge in [-0.15, -0.1) is 0 Å². The monoisotopic (exact) mass is 346 g/mol. The van der Waals surface area contributed by atoms with Gasteiger partial charge in [-0.1, -0.05) is 19.1 Å². The van der Waals surface area contributed by atoms with Crippen LogP contribution in [0.3, 0.4) is 0 Å². The SMILES string of the molecule is Cc1ccnc(-n2cc(S(=O)(=O)NC(=O)C3(C)CC=CC3)cn2)c1. The summed E-state index contributed by atoms with van der Waals surface area (Å²) in [6.07, 6.45) is 8.99. The van der Waals surface area contributed by atoms with Gasteiger partial charge in [-0.3, -0.25) is 4.79 Å². The number of rotatable bonds is 4. The minimum absolute atomic E-state index is 0.0753. The molecule has 3 rings (SSSR count). The zero-order chi connectivity index (χ0) is 17.4. The number of hydrogen-bond donors (Lipinski definition) is 1. The van der Waals surface area contributed by atoms with Crippen molar-refractivity contribution in [3.05, 3.63) is 48.4 Å². The van der Waals surface area contributed by atoms with Gasteiger partial charge >= 0.3 is 0 Å². The van der Waals surface area contributed by atoms with Gasteiger partial charge < -0.3 is 0 Å². The standard InChI is InChI=1S/C16H18N4O3S/c1-12-5-8-17-14(9-12)20-11-13(10-18-20)24(22,23)19-15(21)16(2)6-3-4-7-16/h3-5,8-11H,6-7H2,1-2H3,(H,19,21). The Kier molecular flexibility index (Phi) is 4.00. The number of allylic oxidation sites excluding steroid dienone is 2. The van der Waals surface area contributed by atoms with Gasteiger partial charge in [-0.05, 0) is 37.5 Å². The van der Waals surface area contributed by atoms with Gasteiger partial charge in [-0.2, -0.15) is 5.10 Å². The number of pyridine rings is 1. The van der Waals surface area contributed by atoms with Crippen LogP contribution in [-0.2, 0) is 14.8 Å². The van der Waals surface area contributed by atoms with E-state index in [-0.39, 0.29) is 4.90 Å². The molecule has 2 aromatic heterocycles. The molecule has 0 atom stereocenters. The van der Waals surface area contributed by atoms with E-state index in [1.807, 2.05) is 25.1 Å². The summed E-state index contributed by atoms with van der Waals surface area (Å²) in [5.41, 5.74) is 0.260. The Bertz CT molecular complexity index is 907. The van der Waals surface area contributed by atoms with E-state index >= 15 is 0 Å². The predicted molar refractivity (Wildman–Crippen MR) is 87.9 cm³/mol. The lowest BCUT2D eigenvalue weighted by atomic mass is 9.87. The molecule has 7 nitrogen and oxygen atoms in total. The summed E-state index contributed by atoms with van der Waals surface area (Å²) < 4.78 is 28.4. The number of aryl methyl sites for hydroxylation is 1. The first-order valence-electron chi connectivity index (χ1n) is 7.50. The molecule has 8 heteroatoms. The quantitative estimate of drug-likeness (QED) is 0.851. The summed E-state index contributed by atoms with van der Waals surface area (Å²) in [6, 6.07) is 3.62. The maximum absolute atomic E-state index is 12.4. The van der Waals surface area contributed by atoms with Gasteiger partial charge in [0.25, 0.3) is 10.0 Å². The fourth-order valence-corrected chi connectivity index (χ4v) is 3.51. The summed E-state index contributed by atoms with van der Waals surface area (Å²) in [4.78, 5) is 16.4. The molecule has 1 N–H and O–H groups in total. The molecule has 0 aliphatic heterocycles. The van der Waals surface area contributed by atoms with Gasteiger partial charge in [0.1, 0.15) is 4.90 Å². The summed E-state index contributed by atoms with van der Waals surface area (Å²) in [7, 11) is -3.97. The van der Waals surface area contributed by atoms with Crippen molar-refractivity contribution in [2.75, 3.05) is 0 Å². The normalized spacial score (nSPS) is 16.2. The number of nitrogens with zero attached hydrogens (tertiary/aromatic N) is 3. The van der Waals surface area contributed by atoms with Crippen molar-refractivity contribution >= 4 is 15.9 Å². The lowest BCUT2D eigenvalue weighted by Gasteiger charge is -2.21. The molecule has 0 saturated heterocycles. The van der Waals surface area contributed by atoms with E-state index < -0.39 is 21.3 Å². The minimum Gasteiger partial charge on any atom is -0.273 e. The van der Waals surface area contributed by atoms with Gasteiger partial charge in [0.15, 0.2) is 5.82 Å². The molecule has 0 spiro atoms. The average Bonchev–Trinajstić information content (AvgIpc) is 3.17. The maximum Gasteiger partial charge on any atom is 0.267 e. The fourth-order valence-electron chi connectivity index (χ4n) is 2.48. The number of aromatic nitrogens is 3. The summed E-state index contributed by atoms with van der Waals surface area (Å²) in [5.74, 6) is 0.00339. The van der Waals surface area contributed by atoms with Gasteiger partial charge in [0, 0.05) is 6.20 Å². The molecular formula is C16H18N4O3S. The van der Waals surface area contributed by atoms with E-state index in [4.69, 9.17) is 0 Å². The van der Waals surface area contributed by atoms with Gasteiger partial charge in [-0.25, -0.2) is 22.8 Å². The van der Waals surface area contributed by atoms with Crippen LogP contribution in [0, 0.1) is 12.3 Å². The Morgan fingerprint density at radius 2 is 2.04 bits per heavy atom. The molecule has 2 aromatic rings. The number of carbonyl (C=O) groups excluding carboxylic acids is 1. The van der Waals surface area contributed by atoms with Crippen LogP contribution in [0.15, 0.2) is 47.8 Å². The van der Waals surface area contributed by atoms with Crippen LogP contribution in [-0.4, -0.2) is 29.1 Å². The van der Waals surface area contributed by atoms with Crippen molar-refractivity contribution in [3.8, 4) is 5.82 Å². The second-order valence-corrected chi connectivity index (χ2v) is 7.87. The van der Waals surface area contributed by atoms with Gasteiger partial charge in [0.05, 0.1) is 17.8 Å². The number of nitrogens with one attached hydrogen (secondary N) is 1. The van der Waals surface area contributed by atoms with Crippen LogP contribution < -0.4 is 4.72 Å². The zero-order valence-electron chi connectivity index (χ0n) is 13.4. The van der Waals surface area contributed by atoms with Crippen LogP contribution in [0.2, 0.25) is 0 Å². The topological polar surface area (TPSA) is 94.0 Å². The Hall–Kier alpha value is -2.48. The second kappa shape index (κ2) is 5.86. The van der Waals surface area contributed by atoms with E-state index in [9.17, 15) is 13.2 Å². The second-order valence-electron chi connectivity index (χ2n) is 6.19. The third-order valence-corrected chi connectivity index (χ3v) is 5.37. The maximum atomic E-state index is 12.4. The largest absolute Gasteiger partial charge is 0.273 e. The van der Waals surface area contributed by atoms with E-state index in [0.29, 0.717) is 18.7 Å². The first-order valence-corrected chi connectivity index (χ1v) is 8.98. The van der Waals surface area contributed by atoms with Crippen molar-refractivity contribution < 1.29 is 13.2 Å². The number of carbonyl (C=O) groups is 1. The highest BCUT2D eigenvalue weighted by Crippen LogP contribution is 2.33. The van der Waals surface area contributed by atoms with Crippen LogP contribution in [0.5, 0.6) is 0 Å². The Morgan fingerprint density at radius 3 is 2.71 bits per heavy atom. The molecule has 1 amide bonds.